The van der Waals surface area contributed by atoms with E-state index in [-0.39, 0.29) is 29.8 Å². The highest BCUT2D eigenvalue weighted by Crippen LogP contribution is 2.31. The molecule has 3 amide bonds. The van der Waals surface area contributed by atoms with E-state index in [1.807, 2.05) is 20.8 Å². The third kappa shape index (κ3) is 7.04. The number of aromatic hydroxyl groups is 1. The highest BCUT2D eigenvalue weighted by molar-refractivity contribution is 5.95. The third-order valence-electron chi connectivity index (χ3n) is 6.37. The largest absolute Gasteiger partial charge is 0.508 e. The van der Waals surface area contributed by atoms with E-state index in [0.717, 1.165) is 0 Å². The first-order valence-electron chi connectivity index (χ1n) is 11.7. The van der Waals surface area contributed by atoms with Crippen molar-refractivity contribution in [3.05, 3.63) is 65.0 Å². The summed E-state index contributed by atoms with van der Waals surface area (Å²) < 4.78 is 13.1. The van der Waals surface area contributed by atoms with E-state index in [4.69, 9.17) is 11.5 Å². The number of primary amides is 1. The van der Waals surface area contributed by atoms with Crippen molar-refractivity contribution in [2.45, 2.75) is 70.5 Å². The molecule has 0 bridgehead atoms. The van der Waals surface area contributed by atoms with Crippen LogP contribution in [-0.4, -0.2) is 52.4 Å². The van der Waals surface area contributed by atoms with Gasteiger partial charge in [-0.05, 0) is 60.6 Å². The van der Waals surface area contributed by atoms with E-state index < -0.39 is 35.3 Å². The Morgan fingerprint density at radius 1 is 1.00 bits per heavy atom. The maximum Gasteiger partial charge on any atom is 0.246 e. The summed E-state index contributed by atoms with van der Waals surface area (Å²) in [6.45, 7) is 8.95. The van der Waals surface area contributed by atoms with Gasteiger partial charge in [-0.3, -0.25) is 14.4 Å². The van der Waals surface area contributed by atoms with Crippen LogP contribution in [0.2, 0.25) is 0 Å². The second-order valence-electron chi connectivity index (χ2n) is 10.6. The third-order valence-corrected chi connectivity index (χ3v) is 6.37. The molecule has 0 heterocycles. The van der Waals surface area contributed by atoms with Crippen LogP contribution in [0.25, 0.3) is 0 Å². The van der Waals surface area contributed by atoms with Gasteiger partial charge in [0.2, 0.25) is 17.7 Å². The molecule has 6 N–H and O–H groups in total. The number of benzene rings is 2. The summed E-state index contributed by atoms with van der Waals surface area (Å²) in [5.41, 5.74) is 12.1. The van der Waals surface area contributed by atoms with Gasteiger partial charge in [0.05, 0.1) is 6.04 Å². The standard InChI is InChI=1S/C27H37FN4O4/c1-26(2,3)19-13-17(9-12-22(19)33)15-21(23(30)34)31-25(36)27(4,5)32(6)24(35)20(29)14-16-7-10-18(28)11-8-16/h7-13,20-21,33H,14-15,29H2,1-6H3,(H2,30,34)(H,31,36)/t20-,21-/m0/s1. The zero-order chi connectivity index (χ0) is 27.4. The van der Waals surface area contributed by atoms with Crippen LogP contribution in [0.15, 0.2) is 42.5 Å². The van der Waals surface area contributed by atoms with Crippen molar-refractivity contribution < 1.29 is 23.9 Å². The molecule has 0 radical (unpaired) electrons. The number of nitrogens with two attached hydrogens (primary N) is 2. The van der Waals surface area contributed by atoms with E-state index >= 15 is 0 Å². The number of likely N-dealkylation sites (N-methyl/N-ethyl adjacent to an activating group) is 1. The number of nitrogens with one attached hydrogen (secondary N) is 1. The van der Waals surface area contributed by atoms with Crippen molar-refractivity contribution in [2.75, 3.05) is 7.05 Å². The lowest BCUT2D eigenvalue weighted by Gasteiger charge is -2.36. The molecule has 0 fully saturated rings. The lowest BCUT2D eigenvalue weighted by molar-refractivity contribution is -0.145. The zero-order valence-corrected chi connectivity index (χ0v) is 21.8. The summed E-state index contributed by atoms with van der Waals surface area (Å²) >= 11 is 0. The van der Waals surface area contributed by atoms with Gasteiger partial charge in [0.25, 0.3) is 0 Å². The lowest BCUT2D eigenvalue weighted by Crippen LogP contribution is -2.61. The normalized spacial score (nSPS) is 13.6. The van der Waals surface area contributed by atoms with Crippen molar-refractivity contribution in [3.63, 3.8) is 0 Å². The van der Waals surface area contributed by atoms with Crippen molar-refractivity contribution in [3.8, 4) is 5.75 Å². The minimum Gasteiger partial charge on any atom is -0.508 e. The molecule has 2 aromatic rings. The Balaban J connectivity index is 2.14. The Hall–Kier alpha value is -3.46. The Morgan fingerprint density at radius 3 is 2.08 bits per heavy atom. The van der Waals surface area contributed by atoms with Crippen molar-refractivity contribution in [1.82, 2.24) is 10.2 Å². The highest BCUT2D eigenvalue weighted by atomic mass is 19.1. The summed E-state index contributed by atoms with van der Waals surface area (Å²) in [4.78, 5) is 39.6. The molecule has 0 spiro atoms. The summed E-state index contributed by atoms with van der Waals surface area (Å²) in [7, 11) is 1.46. The molecule has 0 unspecified atom stereocenters. The molecule has 9 heteroatoms. The number of amides is 3. The number of carbonyl (C=O) groups is 3. The number of halogens is 1. The van der Waals surface area contributed by atoms with Crippen LogP contribution in [0, 0.1) is 5.82 Å². The monoisotopic (exact) mass is 500 g/mol. The fraction of sp³-hybridized carbons (Fsp3) is 0.444. The topological polar surface area (TPSA) is 139 Å². The minimum absolute atomic E-state index is 0.113. The Morgan fingerprint density at radius 2 is 1.56 bits per heavy atom. The number of rotatable bonds is 9. The first-order chi connectivity index (χ1) is 16.5. The molecule has 0 aliphatic carbocycles. The summed E-state index contributed by atoms with van der Waals surface area (Å²) in [6.07, 6.45) is 0.282. The maximum atomic E-state index is 13.2. The van der Waals surface area contributed by atoms with Gasteiger partial charge >= 0.3 is 0 Å². The quantitative estimate of drug-likeness (QED) is 0.418. The van der Waals surface area contributed by atoms with E-state index in [2.05, 4.69) is 5.32 Å². The second-order valence-corrected chi connectivity index (χ2v) is 10.6. The van der Waals surface area contributed by atoms with Gasteiger partial charge in [-0.2, -0.15) is 0 Å². The molecule has 2 rings (SSSR count). The van der Waals surface area contributed by atoms with Crippen LogP contribution in [0.5, 0.6) is 5.75 Å². The molecule has 0 saturated carbocycles. The van der Waals surface area contributed by atoms with E-state index in [0.29, 0.717) is 16.7 Å². The number of phenolic OH excluding ortho intramolecular Hbond substituents is 1. The van der Waals surface area contributed by atoms with Gasteiger partial charge in [0, 0.05) is 13.5 Å². The predicted octanol–water partition coefficient (Wildman–Crippen LogP) is 2.15. The van der Waals surface area contributed by atoms with Gasteiger partial charge in [0.15, 0.2) is 0 Å². The predicted molar refractivity (Wildman–Crippen MR) is 137 cm³/mol. The van der Waals surface area contributed by atoms with Gasteiger partial charge in [-0.25, -0.2) is 4.39 Å². The first kappa shape index (κ1) is 28.8. The Labute approximate surface area is 211 Å². The van der Waals surface area contributed by atoms with Gasteiger partial charge in [0.1, 0.15) is 23.1 Å². The average Bonchev–Trinajstić information content (AvgIpc) is 2.79. The molecule has 0 saturated heterocycles. The SMILES string of the molecule is CN(C(=O)[C@@H](N)Cc1ccc(F)cc1)C(C)(C)C(=O)N[C@@H](Cc1ccc(O)c(C(C)(C)C)c1)C(N)=O. The molecular weight excluding hydrogens is 463 g/mol. The Kier molecular flexibility index (Phi) is 8.85. The van der Waals surface area contributed by atoms with Crippen LogP contribution in [-0.2, 0) is 32.6 Å². The number of hydrogen-bond acceptors (Lipinski definition) is 5. The fourth-order valence-corrected chi connectivity index (χ4v) is 3.74. The van der Waals surface area contributed by atoms with Crippen LogP contribution in [0.1, 0.15) is 51.3 Å². The second kappa shape index (κ2) is 11.1. The summed E-state index contributed by atoms with van der Waals surface area (Å²) in [6, 6.07) is 8.69. The van der Waals surface area contributed by atoms with E-state index in [9.17, 15) is 23.9 Å². The van der Waals surface area contributed by atoms with Crippen LogP contribution < -0.4 is 16.8 Å². The minimum atomic E-state index is -1.35. The molecule has 2 aromatic carbocycles. The zero-order valence-electron chi connectivity index (χ0n) is 21.8. The highest BCUT2D eigenvalue weighted by Gasteiger charge is 2.38. The number of phenols is 1. The van der Waals surface area contributed by atoms with E-state index in [1.54, 1.807) is 44.2 Å². The Bertz CT molecular complexity index is 1110. The molecule has 36 heavy (non-hydrogen) atoms. The van der Waals surface area contributed by atoms with Crippen LogP contribution >= 0.6 is 0 Å². The van der Waals surface area contributed by atoms with Crippen molar-refractivity contribution in [1.29, 1.82) is 0 Å². The fourth-order valence-electron chi connectivity index (χ4n) is 3.74. The molecule has 0 aliphatic heterocycles. The molecule has 2 atom stereocenters. The number of hydrogen-bond donors (Lipinski definition) is 4. The number of carbonyl (C=O) groups excluding carboxylic acids is 3. The maximum absolute atomic E-state index is 13.2. The van der Waals surface area contributed by atoms with Crippen LogP contribution in [0.4, 0.5) is 4.39 Å². The van der Waals surface area contributed by atoms with Crippen LogP contribution in [0.3, 0.4) is 0 Å². The molecular formula is C27H37FN4O4. The van der Waals surface area contributed by atoms with Crippen molar-refractivity contribution >= 4 is 17.7 Å². The molecule has 0 aliphatic rings. The molecule has 196 valence electrons. The molecule has 0 aromatic heterocycles. The summed E-state index contributed by atoms with van der Waals surface area (Å²) in [5.74, 6) is -2.04. The van der Waals surface area contributed by atoms with Gasteiger partial charge in [-0.15, -0.1) is 0 Å². The number of nitrogens with zero attached hydrogens (tertiary/aromatic N) is 1. The average molecular weight is 501 g/mol. The van der Waals surface area contributed by atoms with Gasteiger partial charge in [-0.1, -0.05) is 45.0 Å². The summed E-state index contributed by atoms with van der Waals surface area (Å²) in [5, 5.41) is 12.9. The van der Waals surface area contributed by atoms with E-state index in [1.165, 1.54) is 24.1 Å². The van der Waals surface area contributed by atoms with Gasteiger partial charge < -0.3 is 26.8 Å². The van der Waals surface area contributed by atoms with Crippen molar-refractivity contribution in [2.24, 2.45) is 11.5 Å². The molecule has 8 nitrogen and oxygen atoms in total. The first-order valence-corrected chi connectivity index (χ1v) is 11.7. The smallest absolute Gasteiger partial charge is 0.246 e. The lowest BCUT2D eigenvalue weighted by atomic mass is 9.84.